The zero-order valence-corrected chi connectivity index (χ0v) is 13.2. The van der Waals surface area contributed by atoms with E-state index in [0.29, 0.717) is 22.7 Å². The molecular weight excluding hydrogens is 286 g/mol. The van der Waals surface area contributed by atoms with Crippen LogP contribution in [-0.2, 0) is 0 Å². The number of hydrogen-bond donors (Lipinski definition) is 2. The van der Waals surface area contributed by atoms with Crippen molar-refractivity contribution in [1.29, 1.82) is 0 Å². The van der Waals surface area contributed by atoms with Gasteiger partial charge in [-0.05, 0) is 18.6 Å². The molecule has 0 radical (unpaired) electrons. The number of nitrogens with two attached hydrogens (primary N) is 1. The van der Waals surface area contributed by atoms with Crippen molar-refractivity contribution in [2.24, 2.45) is 0 Å². The number of nitrogens with zero attached hydrogens (tertiary/aromatic N) is 1. The maximum Gasteiger partial charge on any atom is 0.176 e. The molecule has 3 N–H and O–H groups in total. The van der Waals surface area contributed by atoms with Crippen LogP contribution in [0.15, 0.2) is 24.5 Å². The molecule has 2 aromatic heterocycles. The summed E-state index contributed by atoms with van der Waals surface area (Å²) in [6.45, 7) is 3.84. The molecule has 0 spiro atoms. The number of pyridine rings is 1. The van der Waals surface area contributed by atoms with Gasteiger partial charge in [0.05, 0.1) is 23.7 Å². The van der Waals surface area contributed by atoms with Gasteiger partial charge < -0.3 is 15.8 Å². The fraction of sp³-hybridized carbons (Fsp3) is 0.333. The minimum absolute atomic E-state index is 0.0258. The number of nitrogens with one attached hydrogen (secondary N) is 1. The maximum absolute atomic E-state index is 11.9. The summed E-state index contributed by atoms with van der Waals surface area (Å²) >= 11 is 1.34. The van der Waals surface area contributed by atoms with Gasteiger partial charge in [0.25, 0.3) is 0 Å². The normalized spacial score (nSPS) is 12.0. The number of aromatic nitrogens is 1. The van der Waals surface area contributed by atoms with Crippen LogP contribution in [0.1, 0.15) is 41.5 Å². The molecule has 0 saturated carbocycles. The number of ketones is 1. The average Bonchev–Trinajstić information content (AvgIpc) is 2.83. The second-order valence-electron chi connectivity index (χ2n) is 4.64. The van der Waals surface area contributed by atoms with Gasteiger partial charge in [-0.3, -0.25) is 9.78 Å². The van der Waals surface area contributed by atoms with E-state index in [0.717, 1.165) is 10.6 Å². The van der Waals surface area contributed by atoms with Gasteiger partial charge in [-0.1, -0.05) is 13.0 Å². The van der Waals surface area contributed by atoms with E-state index >= 15 is 0 Å². The van der Waals surface area contributed by atoms with E-state index in [9.17, 15) is 4.79 Å². The number of ether oxygens (including phenoxy) is 1. The largest absolute Gasteiger partial charge is 0.492 e. The van der Waals surface area contributed by atoms with Gasteiger partial charge >= 0.3 is 0 Å². The van der Waals surface area contributed by atoms with Crippen LogP contribution in [0.2, 0.25) is 0 Å². The van der Waals surface area contributed by atoms with Crippen LogP contribution in [0.3, 0.4) is 0 Å². The Balaban J connectivity index is 2.29. The summed E-state index contributed by atoms with van der Waals surface area (Å²) in [6.07, 6.45) is 3.96. The van der Waals surface area contributed by atoms with E-state index in [1.54, 1.807) is 19.5 Å². The highest BCUT2D eigenvalue weighted by Gasteiger charge is 2.22. The molecule has 1 unspecified atom stereocenters. The number of Topliss-reactive ketones (excluding diaryl/α,β-unsaturated/α-hetero) is 1. The first-order valence-electron chi connectivity index (χ1n) is 6.74. The molecule has 2 rings (SSSR count). The van der Waals surface area contributed by atoms with Gasteiger partial charge in [-0.2, -0.15) is 0 Å². The molecular formula is C15H19N3O2S. The number of methoxy groups -OCH3 is 1. The molecule has 0 aliphatic rings. The van der Waals surface area contributed by atoms with E-state index < -0.39 is 0 Å². The van der Waals surface area contributed by atoms with Crippen molar-refractivity contribution in [2.75, 3.05) is 18.2 Å². The van der Waals surface area contributed by atoms with Gasteiger partial charge in [0.1, 0.15) is 5.00 Å². The first-order chi connectivity index (χ1) is 10.1. The van der Waals surface area contributed by atoms with Crippen molar-refractivity contribution in [1.82, 2.24) is 4.98 Å². The van der Waals surface area contributed by atoms with Crippen molar-refractivity contribution >= 4 is 27.8 Å². The summed E-state index contributed by atoms with van der Waals surface area (Å²) < 4.78 is 5.34. The second-order valence-corrected chi connectivity index (χ2v) is 5.66. The summed E-state index contributed by atoms with van der Waals surface area (Å²) in [5.74, 6) is 0.561. The number of hydrogen-bond acceptors (Lipinski definition) is 6. The Labute approximate surface area is 128 Å². The third kappa shape index (κ3) is 3.16. The summed E-state index contributed by atoms with van der Waals surface area (Å²) in [5.41, 5.74) is 7.48. The second kappa shape index (κ2) is 6.58. The lowest BCUT2D eigenvalue weighted by Gasteiger charge is -2.14. The highest BCUT2D eigenvalue weighted by molar-refractivity contribution is 7.19. The highest BCUT2D eigenvalue weighted by atomic mass is 32.1. The summed E-state index contributed by atoms with van der Waals surface area (Å²) in [7, 11) is 1.55. The minimum Gasteiger partial charge on any atom is -0.492 e. The number of rotatable bonds is 6. The molecule has 0 aliphatic heterocycles. The lowest BCUT2D eigenvalue weighted by molar-refractivity contribution is 0.0992. The quantitative estimate of drug-likeness (QED) is 0.799. The van der Waals surface area contributed by atoms with E-state index in [-0.39, 0.29) is 11.8 Å². The third-order valence-electron chi connectivity index (χ3n) is 3.21. The van der Waals surface area contributed by atoms with Gasteiger partial charge in [0.15, 0.2) is 11.5 Å². The number of anilines is 2. The molecule has 2 heterocycles. The molecule has 0 bridgehead atoms. The molecule has 0 saturated heterocycles. The number of carbonyl (C=O) groups excluding carboxylic acids is 1. The lowest BCUT2D eigenvalue weighted by Crippen LogP contribution is -2.06. The standard InChI is InChI=1S/C15H19N3O2S/c1-4-11(19)14-12(16)13(20-3)15(21-14)18-9(2)10-6-5-7-17-8-10/h5-9,18H,4,16H2,1-3H3. The molecule has 2 aromatic rings. The Hall–Kier alpha value is -2.08. The average molecular weight is 305 g/mol. The van der Waals surface area contributed by atoms with E-state index in [4.69, 9.17) is 10.5 Å². The molecule has 0 amide bonds. The van der Waals surface area contributed by atoms with Crippen LogP contribution in [0, 0.1) is 0 Å². The zero-order chi connectivity index (χ0) is 15.4. The van der Waals surface area contributed by atoms with E-state index in [1.165, 1.54) is 11.3 Å². The van der Waals surface area contributed by atoms with Crippen LogP contribution in [-0.4, -0.2) is 17.9 Å². The zero-order valence-electron chi connectivity index (χ0n) is 12.3. The van der Waals surface area contributed by atoms with Crippen molar-refractivity contribution in [2.45, 2.75) is 26.3 Å². The molecule has 1 atom stereocenters. The van der Waals surface area contributed by atoms with Crippen LogP contribution in [0.5, 0.6) is 5.75 Å². The minimum atomic E-state index is 0.0258. The smallest absolute Gasteiger partial charge is 0.176 e. The number of nitrogen functional groups attached to an aromatic ring is 1. The SMILES string of the molecule is CCC(=O)c1sc(NC(C)c2cccnc2)c(OC)c1N. The molecule has 0 fully saturated rings. The van der Waals surface area contributed by atoms with Crippen molar-refractivity contribution in [3.8, 4) is 5.75 Å². The van der Waals surface area contributed by atoms with Crippen LogP contribution in [0.4, 0.5) is 10.7 Å². The Morgan fingerprint density at radius 1 is 1.57 bits per heavy atom. The molecule has 112 valence electrons. The molecule has 21 heavy (non-hydrogen) atoms. The van der Waals surface area contributed by atoms with Gasteiger partial charge in [-0.15, -0.1) is 11.3 Å². The van der Waals surface area contributed by atoms with E-state index in [1.807, 2.05) is 26.0 Å². The van der Waals surface area contributed by atoms with Crippen LogP contribution in [0.25, 0.3) is 0 Å². The topological polar surface area (TPSA) is 77.2 Å². The number of thiophene rings is 1. The Kier molecular flexibility index (Phi) is 4.80. The summed E-state index contributed by atoms with van der Waals surface area (Å²) in [4.78, 5) is 16.6. The predicted molar refractivity (Wildman–Crippen MR) is 86.2 cm³/mol. The first-order valence-corrected chi connectivity index (χ1v) is 7.56. The fourth-order valence-electron chi connectivity index (χ4n) is 2.01. The van der Waals surface area contributed by atoms with E-state index in [2.05, 4.69) is 10.3 Å². The molecule has 0 aliphatic carbocycles. The Morgan fingerprint density at radius 2 is 2.33 bits per heavy atom. The van der Waals surface area contributed by atoms with Gasteiger partial charge in [0, 0.05) is 18.8 Å². The Morgan fingerprint density at radius 3 is 2.90 bits per heavy atom. The van der Waals surface area contributed by atoms with Crippen molar-refractivity contribution in [3.05, 3.63) is 35.0 Å². The fourth-order valence-corrected chi connectivity index (χ4v) is 3.19. The first kappa shape index (κ1) is 15.3. The maximum atomic E-state index is 11.9. The molecule has 5 nitrogen and oxygen atoms in total. The van der Waals surface area contributed by atoms with Crippen LogP contribution < -0.4 is 15.8 Å². The monoisotopic (exact) mass is 305 g/mol. The molecule has 6 heteroatoms. The van der Waals surface area contributed by atoms with Crippen LogP contribution >= 0.6 is 11.3 Å². The Bertz CT molecular complexity index is 625. The number of carbonyl (C=O) groups is 1. The highest BCUT2D eigenvalue weighted by Crippen LogP contribution is 2.44. The van der Waals surface area contributed by atoms with Gasteiger partial charge in [-0.25, -0.2) is 0 Å². The van der Waals surface area contributed by atoms with Crippen molar-refractivity contribution in [3.63, 3.8) is 0 Å². The third-order valence-corrected chi connectivity index (χ3v) is 4.37. The molecule has 0 aromatic carbocycles. The van der Waals surface area contributed by atoms with Crippen molar-refractivity contribution < 1.29 is 9.53 Å². The summed E-state index contributed by atoms with van der Waals surface area (Å²) in [5, 5.41) is 4.11. The van der Waals surface area contributed by atoms with Gasteiger partial charge in [0.2, 0.25) is 0 Å². The summed E-state index contributed by atoms with van der Waals surface area (Å²) in [6, 6.07) is 3.92. The lowest BCUT2D eigenvalue weighted by atomic mass is 10.1. The predicted octanol–water partition coefficient (Wildman–Crippen LogP) is 3.50.